The molecule has 0 aliphatic carbocycles. The Labute approximate surface area is 105 Å². The van der Waals surface area contributed by atoms with Gasteiger partial charge >= 0.3 is 5.97 Å². The van der Waals surface area contributed by atoms with Crippen molar-refractivity contribution in [3.63, 3.8) is 0 Å². The van der Waals surface area contributed by atoms with Crippen LogP contribution < -0.4 is 5.32 Å². The molecule has 1 rings (SSSR count). The second-order valence-electron chi connectivity index (χ2n) is 4.36. The molecule has 1 amide bonds. The Bertz CT molecular complexity index is 462. The van der Waals surface area contributed by atoms with E-state index in [1.165, 1.54) is 19.4 Å². The minimum atomic E-state index is -1.27. The van der Waals surface area contributed by atoms with Gasteiger partial charge in [-0.2, -0.15) is 0 Å². The number of amides is 1. The van der Waals surface area contributed by atoms with Crippen LogP contribution in [0.25, 0.3) is 0 Å². The Hall–Kier alpha value is -1.98. The molecule has 0 fully saturated rings. The van der Waals surface area contributed by atoms with Crippen LogP contribution in [0.4, 0.5) is 0 Å². The molecule has 0 spiro atoms. The summed E-state index contributed by atoms with van der Waals surface area (Å²) in [5, 5.41) is 11.7. The van der Waals surface area contributed by atoms with Gasteiger partial charge in [-0.05, 0) is 20.3 Å². The fraction of sp³-hybridized carbons (Fsp3) is 0.500. The predicted octanol–water partition coefficient (Wildman–Crippen LogP) is 1.16. The second-order valence-corrected chi connectivity index (χ2v) is 4.36. The topological polar surface area (TPSA) is 92.2 Å². The van der Waals surface area contributed by atoms with E-state index >= 15 is 0 Å². The van der Waals surface area contributed by atoms with Crippen LogP contribution >= 0.6 is 0 Å². The number of carbonyl (C=O) groups excluding carboxylic acids is 1. The van der Waals surface area contributed by atoms with Crippen LogP contribution in [-0.4, -0.2) is 32.5 Å². The molecular formula is C12H17N3O3. The van der Waals surface area contributed by atoms with E-state index in [9.17, 15) is 14.7 Å². The van der Waals surface area contributed by atoms with Crippen molar-refractivity contribution in [2.24, 2.45) is 0 Å². The first-order chi connectivity index (χ1) is 8.40. The zero-order valence-electron chi connectivity index (χ0n) is 10.7. The van der Waals surface area contributed by atoms with Crippen molar-refractivity contribution in [3.8, 4) is 0 Å². The van der Waals surface area contributed by atoms with Gasteiger partial charge in [0.2, 0.25) is 0 Å². The standard InChI is InChI=1S/C12H17N3O3/c1-4-5-12(3,11(17)18)15-10(16)9-6-13-7-14-8(9)2/h6-7H,4-5H2,1-3H3,(H,15,16)(H,17,18). The highest BCUT2D eigenvalue weighted by molar-refractivity contribution is 5.98. The molecule has 1 unspecified atom stereocenters. The molecule has 0 bridgehead atoms. The van der Waals surface area contributed by atoms with Crippen LogP contribution in [0.3, 0.4) is 0 Å². The van der Waals surface area contributed by atoms with Gasteiger partial charge in [0, 0.05) is 6.20 Å². The summed E-state index contributed by atoms with van der Waals surface area (Å²) in [6, 6.07) is 0. The molecule has 6 heteroatoms. The number of aromatic nitrogens is 2. The maximum atomic E-state index is 12.0. The van der Waals surface area contributed by atoms with Crippen molar-refractivity contribution in [3.05, 3.63) is 23.8 Å². The van der Waals surface area contributed by atoms with Gasteiger partial charge in [-0.1, -0.05) is 13.3 Å². The monoisotopic (exact) mass is 251 g/mol. The minimum Gasteiger partial charge on any atom is -0.480 e. The van der Waals surface area contributed by atoms with Gasteiger partial charge in [0.05, 0.1) is 11.3 Å². The summed E-state index contributed by atoms with van der Waals surface area (Å²) in [4.78, 5) is 30.9. The molecule has 98 valence electrons. The number of aryl methyl sites for hydroxylation is 1. The molecule has 1 atom stereocenters. The number of carboxylic acid groups (broad SMARTS) is 1. The van der Waals surface area contributed by atoms with Gasteiger partial charge in [-0.3, -0.25) is 4.79 Å². The van der Waals surface area contributed by atoms with Crippen LogP contribution in [-0.2, 0) is 4.79 Å². The third kappa shape index (κ3) is 3.03. The largest absolute Gasteiger partial charge is 0.480 e. The third-order valence-electron chi connectivity index (χ3n) is 2.77. The smallest absolute Gasteiger partial charge is 0.329 e. The molecular weight excluding hydrogens is 234 g/mol. The number of aliphatic carboxylic acids is 1. The number of rotatable bonds is 5. The lowest BCUT2D eigenvalue weighted by Gasteiger charge is -2.25. The normalized spacial score (nSPS) is 13.7. The summed E-state index contributed by atoms with van der Waals surface area (Å²) in [5.41, 5.74) is -0.457. The van der Waals surface area contributed by atoms with Crippen LogP contribution in [0, 0.1) is 6.92 Å². The molecule has 0 aliphatic rings. The van der Waals surface area contributed by atoms with E-state index in [1.54, 1.807) is 6.92 Å². The highest BCUT2D eigenvalue weighted by atomic mass is 16.4. The second kappa shape index (κ2) is 5.57. The number of nitrogens with one attached hydrogen (secondary N) is 1. The summed E-state index contributed by atoms with van der Waals surface area (Å²) in [7, 11) is 0. The molecule has 0 saturated carbocycles. The summed E-state index contributed by atoms with van der Waals surface area (Å²) < 4.78 is 0. The van der Waals surface area contributed by atoms with Crippen molar-refractivity contribution in [1.82, 2.24) is 15.3 Å². The third-order valence-corrected chi connectivity index (χ3v) is 2.77. The Morgan fingerprint density at radius 3 is 2.67 bits per heavy atom. The molecule has 2 N–H and O–H groups in total. The molecule has 0 saturated heterocycles. The zero-order chi connectivity index (χ0) is 13.8. The molecule has 0 aliphatic heterocycles. The van der Waals surface area contributed by atoms with E-state index < -0.39 is 17.4 Å². The van der Waals surface area contributed by atoms with Crippen LogP contribution in [0.1, 0.15) is 42.7 Å². The van der Waals surface area contributed by atoms with Crippen molar-refractivity contribution >= 4 is 11.9 Å². The lowest BCUT2D eigenvalue weighted by atomic mass is 9.96. The average molecular weight is 251 g/mol. The lowest BCUT2D eigenvalue weighted by molar-refractivity contribution is -0.144. The van der Waals surface area contributed by atoms with E-state index in [0.29, 0.717) is 24.1 Å². The summed E-state index contributed by atoms with van der Waals surface area (Å²) in [5.74, 6) is -1.52. The molecule has 1 aromatic heterocycles. The van der Waals surface area contributed by atoms with E-state index in [2.05, 4.69) is 15.3 Å². The molecule has 6 nitrogen and oxygen atoms in total. The summed E-state index contributed by atoms with van der Waals surface area (Å²) in [6.45, 7) is 5.04. The fourth-order valence-electron chi connectivity index (χ4n) is 1.65. The fourth-order valence-corrected chi connectivity index (χ4v) is 1.65. The maximum absolute atomic E-state index is 12.0. The number of carbonyl (C=O) groups is 2. The lowest BCUT2D eigenvalue weighted by Crippen LogP contribution is -2.52. The van der Waals surface area contributed by atoms with Gasteiger partial charge in [0.1, 0.15) is 11.9 Å². The van der Waals surface area contributed by atoms with E-state index in [0.717, 1.165) is 0 Å². The van der Waals surface area contributed by atoms with Crippen LogP contribution in [0.2, 0.25) is 0 Å². The number of hydrogen-bond acceptors (Lipinski definition) is 4. The predicted molar refractivity (Wildman–Crippen MR) is 65.2 cm³/mol. The average Bonchev–Trinajstić information content (AvgIpc) is 2.29. The van der Waals surface area contributed by atoms with E-state index in [1.807, 2.05) is 6.92 Å². The molecule has 0 aromatic carbocycles. The summed E-state index contributed by atoms with van der Waals surface area (Å²) in [6.07, 6.45) is 3.74. The van der Waals surface area contributed by atoms with Crippen LogP contribution in [0.15, 0.2) is 12.5 Å². The van der Waals surface area contributed by atoms with Crippen molar-refractivity contribution in [2.75, 3.05) is 0 Å². The van der Waals surface area contributed by atoms with E-state index in [-0.39, 0.29) is 0 Å². The van der Waals surface area contributed by atoms with Gasteiger partial charge in [-0.15, -0.1) is 0 Å². The first kappa shape index (κ1) is 14.1. The van der Waals surface area contributed by atoms with Gasteiger partial charge in [0.25, 0.3) is 5.91 Å². The minimum absolute atomic E-state index is 0.293. The van der Waals surface area contributed by atoms with Crippen LogP contribution in [0.5, 0.6) is 0 Å². The highest BCUT2D eigenvalue weighted by Crippen LogP contribution is 2.14. The van der Waals surface area contributed by atoms with Gasteiger partial charge in [0.15, 0.2) is 0 Å². The van der Waals surface area contributed by atoms with Crippen molar-refractivity contribution in [2.45, 2.75) is 39.2 Å². The molecule has 0 radical (unpaired) electrons. The Balaban J connectivity index is 2.93. The number of carboxylic acids is 1. The van der Waals surface area contributed by atoms with Crippen molar-refractivity contribution < 1.29 is 14.7 Å². The Morgan fingerprint density at radius 2 is 2.17 bits per heavy atom. The number of nitrogens with zero attached hydrogens (tertiary/aromatic N) is 2. The van der Waals surface area contributed by atoms with E-state index in [4.69, 9.17) is 0 Å². The van der Waals surface area contributed by atoms with Gasteiger partial charge < -0.3 is 10.4 Å². The SMILES string of the molecule is CCCC(C)(NC(=O)c1cncnc1C)C(=O)O. The maximum Gasteiger partial charge on any atom is 0.329 e. The molecule has 18 heavy (non-hydrogen) atoms. The highest BCUT2D eigenvalue weighted by Gasteiger charge is 2.34. The Morgan fingerprint density at radius 1 is 1.50 bits per heavy atom. The first-order valence-electron chi connectivity index (χ1n) is 5.73. The number of hydrogen-bond donors (Lipinski definition) is 2. The summed E-state index contributed by atoms with van der Waals surface area (Å²) >= 11 is 0. The zero-order valence-corrected chi connectivity index (χ0v) is 10.7. The molecule has 1 aromatic rings. The van der Waals surface area contributed by atoms with Gasteiger partial charge in [-0.25, -0.2) is 14.8 Å². The molecule has 1 heterocycles. The Kier molecular flexibility index (Phi) is 4.36. The quantitative estimate of drug-likeness (QED) is 0.819. The van der Waals surface area contributed by atoms with Crippen molar-refractivity contribution in [1.29, 1.82) is 0 Å². The first-order valence-corrected chi connectivity index (χ1v) is 5.73.